The zero-order chi connectivity index (χ0) is 19.3. The number of benzene rings is 1. The number of carboxylic acids is 1. The normalized spacial score (nSPS) is 17.1. The third kappa shape index (κ3) is 5.24. The van der Waals surface area contributed by atoms with Gasteiger partial charge in [0.2, 0.25) is 5.91 Å². The first kappa shape index (κ1) is 20.3. The highest BCUT2D eigenvalue weighted by Gasteiger charge is 2.31. The van der Waals surface area contributed by atoms with Crippen LogP contribution >= 0.6 is 11.8 Å². The number of methoxy groups -OCH3 is 1. The number of carbonyl (C=O) groups excluding carboxylic acids is 2. The third-order valence-electron chi connectivity index (χ3n) is 4.60. The summed E-state index contributed by atoms with van der Waals surface area (Å²) in [4.78, 5) is 36.7. The fourth-order valence-electron chi connectivity index (χ4n) is 3.23. The van der Waals surface area contributed by atoms with Gasteiger partial charge in [-0.15, -0.1) is 0 Å². The van der Waals surface area contributed by atoms with Gasteiger partial charge in [-0.1, -0.05) is 24.8 Å². The van der Waals surface area contributed by atoms with Crippen LogP contribution in [0.3, 0.4) is 0 Å². The van der Waals surface area contributed by atoms with Crippen LogP contribution in [-0.2, 0) is 27.2 Å². The lowest BCUT2D eigenvalue weighted by atomic mass is 9.87. The Labute approximate surface area is 157 Å². The first-order valence-corrected chi connectivity index (χ1v) is 9.61. The lowest BCUT2D eigenvalue weighted by Gasteiger charge is -2.35. The van der Waals surface area contributed by atoms with Gasteiger partial charge in [-0.05, 0) is 42.5 Å². The van der Waals surface area contributed by atoms with Crippen molar-refractivity contribution in [1.82, 2.24) is 4.90 Å². The lowest BCUT2D eigenvalue weighted by molar-refractivity contribution is -0.148. The molecule has 1 aromatic rings. The molecule has 0 saturated heterocycles. The van der Waals surface area contributed by atoms with Crippen molar-refractivity contribution in [3.8, 4) is 5.75 Å². The van der Waals surface area contributed by atoms with Gasteiger partial charge in [0.15, 0.2) is 5.12 Å². The fraction of sp³-hybridized carbons (Fsp3) is 0.526. The molecule has 26 heavy (non-hydrogen) atoms. The van der Waals surface area contributed by atoms with Crippen molar-refractivity contribution < 1.29 is 24.2 Å². The van der Waals surface area contributed by atoms with Crippen LogP contribution in [0.25, 0.3) is 0 Å². The minimum absolute atomic E-state index is 0.0463. The molecule has 6 nitrogen and oxygen atoms in total. The first-order valence-electron chi connectivity index (χ1n) is 8.63. The monoisotopic (exact) mass is 379 g/mol. The van der Waals surface area contributed by atoms with Crippen LogP contribution in [0.1, 0.15) is 31.4 Å². The van der Waals surface area contributed by atoms with Gasteiger partial charge < -0.3 is 14.7 Å². The van der Waals surface area contributed by atoms with E-state index in [1.165, 1.54) is 17.4 Å². The number of rotatable bonds is 7. The zero-order valence-electron chi connectivity index (χ0n) is 15.4. The summed E-state index contributed by atoms with van der Waals surface area (Å²) >= 11 is 1.10. The molecule has 0 bridgehead atoms. The number of hydrogen-bond acceptors (Lipinski definition) is 5. The Bertz CT molecular complexity index is 691. The highest BCUT2D eigenvalue weighted by atomic mass is 32.2. The van der Waals surface area contributed by atoms with E-state index in [1.54, 1.807) is 14.0 Å². The van der Waals surface area contributed by atoms with E-state index in [0.29, 0.717) is 18.6 Å². The number of aliphatic carboxylic acids is 1. The maximum atomic E-state index is 12.8. The molecule has 142 valence electrons. The Morgan fingerprint density at radius 2 is 2.08 bits per heavy atom. The molecule has 2 unspecified atom stereocenters. The van der Waals surface area contributed by atoms with E-state index >= 15 is 0 Å². The maximum absolute atomic E-state index is 12.8. The van der Waals surface area contributed by atoms with Crippen LogP contribution in [0.4, 0.5) is 0 Å². The molecule has 0 saturated carbocycles. The number of nitrogens with zero attached hydrogens (tertiary/aromatic N) is 1. The molecule has 0 fully saturated rings. The Morgan fingerprint density at radius 3 is 2.69 bits per heavy atom. The molecule has 0 aromatic heterocycles. The molecule has 1 amide bonds. The smallest absolute Gasteiger partial charge is 0.323 e. The molecule has 1 aromatic carbocycles. The maximum Gasteiger partial charge on any atom is 0.323 e. The number of carbonyl (C=O) groups is 3. The molecule has 0 heterocycles. The summed E-state index contributed by atoms with van der Waals surface area (Å²) in [6.07, 6.45) is 2.12. The van der Waals surface area contributed by atoms with E-state index < -0.39 is 11.9 Å². The predicted octanol–water partition coefficient (Wildman–Crippen LogP) is 2.38. The highest BCUT2D eigenvalue weighted by molar-refractivity contribution is 8.13. The molecular formula is C19H25NO5S. The average Bonchev–Trinajstić information content (AvgIpc) is 2.62. The van der Waals surface area contributed by atoms with Gasteiger partial charge in [-0.2, -0.15) is 0 Å². The minimum Gasteiger partial charge on any atom is -0.497 e. The second-order valence-electron chi connectivity index (χ2n) is 6.59. The molecule has 1 aliphatic rings. The van der Waals surface area contributed by atoms with Gasteiger partial charge in [-0.3, -0.25) is 14.4 Å². The van der Waals surface area contributed by atoms with Crippen LogP contribution in [0.15, 0.2) is 18.2 Å². The van der Waals surface area contributed by atoms with E-state index in [1.807, 2.05) is 18.2 Å². The van der Waals surface area contributed by atoms with E-state index in [9.17, 15) is 19.5 Å². The minimum atomic E-state index is -1.02. The van der Waals surface area contributed by atoms with Crippen molar-refractivity contribution in [1.29, 1.82) is 0 Å². The predicted molar refractivity (Wildman–Crippen MR) is 100 cm³/mol. The Balaban J connectivity index is 2.14. The summed E-state index contributed by atoms with van der Waals surface area (Å²) in [5.74, 6) is -0.463. The van der Waals surface area contributed by atoms with Crippen LogP contribution in [0.2, 0.25) is 0 Å². The quantitative estimate of drug-likeness (QED) is 0.783. The molecule has 7 heteroatoms. The van der Waals surface area contributed by atoms with E-state index in [2.05, 4.69) is 0 Å². The molecule has 1 aliphatic carbocycles. The average molecular weight is 379 g/mol. The molecule has 0 spiro atoms. The summed E-state index contributed by atoms with van der Waals surface area (Å²) in [5, 5.41) is 9.21. The zero-order valence-corrected chi connectivity index (χ0v) is 16.2. The molecule has 0 aliphatic heterocycles. The highest BCUT2D eigenvalue weighted by Crippen LogP contribution is 2.28. The largest absolute Gasteiger partial charge is 0.497 e. The second kappa shape index (κ2) is 9.07. The van der Waals surface area contributed by atoms with Crippen molar-refractivity contribution in [3.05, 3.63) is 29.3 Å². The molecule has 0 radical (unpaired) electrons. The molecule has 2 atom stereocenters. The van der Waals surface area contributed by atoms with Gasteiger partial charge in [0.25, 0.3) is 0 Å². The van der Waals surface area contributed by atoms with E-state index in [4.69, 9.17) is 4.74 Å². The van der Waals surface area contributed by atoms with Crippen molar-refractivity contribution >= 4 is 28.8 Å². The van der Waals surface area contributed by atoms with Crippen LogP contribution < -0.4 is 4.74 Å². The number of hydrogen-bond donors (Lipinski definition) is 1. The van der Waals surface area contributed by atoms with Crippen LogP contribution in [-0.4, -0.2) is 52.4 Å². The van der Waals surface area contributed by atoms with Crippen molar-refractivity contribution in [2.45, 2.75) is 39.2 Å². The van der Waals surface area contributed by atoms with E-state index in [-0.39, 0.29) is 23.6 Å². The Morgan fingerprint density at radius 1 is 1.35 bits per heavy atom. The van der Waals surface area contributed by atoms with Crippen molar-refractivity contribution in [3.63, 3.8) is 0 Å². The number of carboxylic acid groups (broad SMARTS) is 1. The summed E-state index contributed by atoms with van der Waals surface area (Å²) in [6, 6.07) is 5.72. The van der Waals surface area contributed by atoms with Gasteiger partial charge in [0, 0.05) is 24.6 Å². The SMILES string of the molecule is COc1ccc2c(c1)CCC(N(CC(=O)O)C(=O)C(C)CSC(C)=O)C2. The topological polar surface area (TPSA) is 83.9 Å². The van der Waals surface area contributed by atoms with Crippen LogP contribution in [0.5, 0.6) is 5.75 Å². The van der Waals surface area contributed by atoms with Crippen molar-refractivity contribution in [2.75, 3.05) is 19.4 Å². The molecular weight excluding hydrogens is 354 g/mol. The standard InChI is InChI=1S/C19H25NO5S/c1-12(11-26-13(2)21)19(24)20(10-18(22)23)16-6-4-15-9-17(25-3)7-5-14(15)8-16/h5,7,9,12,16H,4,6,8,10-11H2,1-3H3,(H,22,23). The number of ether oxygens (including phenoxy) is 1. The number of thioether (sulfide) groups is 1. The Hall–Kier alpha value is -2.02. The van der Waals surface area contributed by atoms with Gasteiger partial charge in [0.1, 0.15) is 12.3 Å². The van der Waals surface area contributed by atoms with E-state index in [0.717, 1.165) is 29.5 Å². The van der Waals surface area contributed by atoms with Crippen LogP contribution in [0, 0.1) is 5.92 Å². The van der Waals surface area contributed by atoms with Crippen molar-refractivity contribution in [2.24, 2.45) is 5.92 Å². The first-order chi connectivity index (χ1) is 12.3. The summed E-state index contributed by atoms with van der Waals surface area (Å²) in [7, 11) is 1.63. The lowest BCUT2D eigenvalue weighted by Crippen LogP contribution is -2.48. The Kier molecular flexibility index (Phi) is 7.08. The molecule has 2 rings (SSSR count). The number of fused-ring (bicyclic) bond motifs is 1. The molecule has 1 N–H and O–H groups in total. The van der Waals surface area contributed by atoms with Gasteiger partial charge >= 0.3 is 5.97 Å². The second-order valence-corrected chi connectivity index (χ2v) is 7.79. The van der Waals surface area contributed by atoms with Gasteiger partial charge in [0.05, 0.1) is 7.11 Å². The number of amides is 1. The summed E-state index contributed by atoms with van der Waals surface area (Å²) in [6.45, 7) is 2.89. The number of aryl methyl sites for hydroxylation is 1. The summed E-state index contributed by atoms with van der Waals surface area (Å²) in [5.41, 5.74) is 2.31. The summed E-state index contributed by atoms with van der Waals surface area (Å²) < 4.78 is 5.25. The van der Waals surface area contributed by atoms with Gasteiger partial charge in [-0.25, -0.2) is 0 Å². The third-order valence-corrected chi connectivity index (χ3v) is 5.68. The fourth-order valence-corrected chi connectivity index (χ4v) is 3.86.